The van der Waals surface area contributed by atoms with Gasteiger partial charge in [0.2, 0.25) is 5.91 Å². The number of hydrogen-bond donors (Lipinski definition) is 0. The quantitative estimate of drug-likeness (QED) is 0.848. The Labute approximate surface area is 136 Å². The fourth-order valence-electron chi connectivity index (χ4n) is 3.75. The zero-order valence-electron chi connectivity index (χ0n) is 12.5. The van der Waals surface area contributed by atoms with Crippen LogP contribution >= 0.6 is 11.6 Å². The predicted molar refractivity (Wildman–Crippen MR) is 86.7 cm³/mol. The fourth-order valence-corrected chi connectivity index (χ4v) is 5.02. The van der Waals surface area contributed by atoms with Crippen LogP contribution in [0.4, 0.5) is 0 Å². The molecule has 1 amide bonds. The van der Waals surface area contributed by atoms with E-state index in [1.165, 1.54) is 6.26 Å². The van der Waals surface area contributed by atoms with E-state index in [0.717, 1.165) is 18.4 Å². The molecule has 2 bridgehead atoms. The van der Waals surface area contributed by atoms with Crippen LogP contribution in [0.1, 0.15) is 31.2 Å². The van der Waals surface area contributed by atoms with Gasteiger partial charge in [0.25, 0.3) is 0 Å². The number of rotatable bonds is 3. The second-order valence-corrected chi connectivity index (χ2v) is 9.17. The lowest BCUT2D eigenvalue weighted by atomic mass is 10.0. The number of carbonyl (C=O) groups excluding carboxylic acids is 1. The van der Waals surface area contributed by atoms with Crippen LogP contribution in [0.3, 0.4) is 0 Å². The van der Waals surface area contributed by atoms with Gasteiger partial charge in [-0.1, -0.05) is 23.7 Å². The molecule has 2 aliphatic rings. The molecule has 0 radical (unpaired) electrons. The molecule has 0 aliphatic carbocycles. The number of fused-ring (bicyclic) bond motifs is 2. The second kappa shape index (κ2) is 5.85. The van der Waals surface area contributed by atoms with Crippen LogP contribution in [0.2, 0.25) is 5.02 Å². The van der Waals surface area contributed by atoms with E-state index in [1.807, 2.05) is 17.0 Å². The molecule has 22 heavy (non-hydrogen) atoms. The van der Waals surface area contributed by atoms with E-state index in [9.17, 15) is 13.2 Å². The first-order chi connectivity index (χ1) is 10.3. The van der Waals surface area contributed by atoms with Gasteiger partial charge in [-0.15, -0.1) is 0 Å². The molecule has 1 aromatic carbocycles. The normalized spacial score (nSPS) is 27.9. The van der Waals surface area contributed by atoms with E-state index >= 15 is 0 Å². The summed E-state index contributed by atoms with van der Waals surface area (Å²) in [5.41, 5.74) is 0.944. The minimum Gasteiger partial charge on any atom is -0.336 e. The van der Waals surface area contributed by atoms with Gasteiger partial charge in [-0.25, -0.2) is 8.42 Å². The minimum atomic E-state index is -3.02. The van der Waals surface area contributed by atoms with Gasteiger partial charge in [-0.2, -0.15) is 0 Å². The minimum absolute atomic E-state index is 0.0817. The van der Waals surface area contributed by atoms with Crippen molar-refractivity contribution in [2.75, 3.05) is 6.26 Å². The molecule has 6 heteroatoms. The van der Waals surface area contributed by atoms with Crippen LogP contribution < -0.4 is 0 Å². The lowest BCUT2D eigenvalue weighted by molar-refractivity contribution is -0.134. The highest BCUT2D eigenvalue weighted by Crippen LogP contribution is 2.38. The Morgan fingerprint density at radius 2 is 1.73 bits per heavy atom. The topological polar surface area (TPSA) is 54.5 Å². The third kappa shape index (κ3) is 3.15. The molecular formula is C16H20ClNO3S. The standard InChI is InChI=1S/C16H20ClNO3S/c1-22(20,21)15-9-13-6-7-14(10-15)18(13)16(19)8-11-2-4-12(17)5-3-11/h2-5,13-15H,6-10H2,1H3. The molecule has 2 heterocycles. The van der Waals surface area contributed by atoms with E-state index in [2.05, 4.69) is 0 Å². The summed E-state index contributed by atoms with van der Waals surface area (Å²) >= 11 is 5.86. The largest absolute Gasteiger partial charge is 0.336 e. The summed E-state index contributed by atoms with van der Waals surface area (Å²) in [6.07, 6.45) is 4.67. The Hall–Kier alpha value is -1.07. The number of piperidine rings is 1. The molecule has 3 rings (SSSR count). The van der Waals surface area contributed by atoms with Crippen molar-refractivity contribution in [3.63, 3.8) is 0 Å². The number of benzene rings is 1. The maximum atomic E-state index is 12.6. The monoisotopic (exact) mass is 341 g/mol. The Morgan fingerprint density at radius 3 is 2.23 bits per heavy atom. The summed E-state index contributed by atoms with van der Waals surface area (Å²) in [5, 5.41) is 0.370. The second-order valence-electron chi connectivity index (χ2n) is 6.41. The fraction of sp³-hybridized carbons (Fsp3) is 0.562. The molecule has 0 N–H and O–H groups in total. The maximum Gasteiger partial charge on any atom is 0.227 e. The summed E-state index contributed by atoms with van der Waals surface area (Å²) in [6, 6.07) is 7.47. The zero-order valence-corrected chi connectivity index (χ0v) is 14.1. The average Bonchev–Trinajstić information content (AvgIpc) is 2.70. The van der Waals surface area contributed by atoms with Crippen molar-refractivity contribution in [3.05, 3.63) is 34.9 Å². The van der Waals surface area contributed by atoms with Gasteiger partial charge in [-0.05, 0) is 43.4 Å². The molecule has 0 spiro atoms. The lowest BCUT2D eigenvalue weighted by Gasteiger charge is -2.38. The third-order valence-corrected chi connectivity index (χ3v) is 6.70. The molecular weight excluding hydrogens is 322 g/mol. The smallest absolute Gasteiger partial charge is 0.227 e. The van der Waals surface area contributed by atoms with Crippen molar-refractivity contribution in [2.45, 2.75) is 49.4 Å². The van der Waals surface area contributed by atoms with Crippen LogP contribution in [-0.2, 0) is 21.1 Å². The van der Waals surface area contributed by atoms with E-state index in [-0.39, 0.29) is 23.2 Å². The lowest BCUT2D eigenvalue weighted by Crippen LogP contribution is -2.50. The summed E-state index contributed by atoms with van der Waals surface area (Å²) in [6.45, 7) is 0. The number of nitrogens with zero attached hydrogens (tertiary/aromatic N) is 1. The Kier molecular flexibility index (Phi) is 4.21. The molecule has 2 saturated heterocycles. The molecule has 2 atom stereocenters. The van der Waals surface area contributed by atoms with Crippen molar-refractivity contribution < 1.29 is 13.2 Å². The Morgan fingerprint density at radius 1 is 1.18 bits per heavy atom. The number of sulfone groups is 1. The van der Waals surface area contributed by atoms with E-state index < -0.39 is 9.84 Å². The number of hydrogen-bond acceptors (Lipinski definition) is 3. The molecule has 0 saturated carbocycles. The molecule has 0 aromatic heterocycles. The third-order valence-electron chi connectivity index (χ3n) is 4.85. The number of amides is 1. The summed E-state index contributed by atoms with van der Waals surface area (Å²) in [7, 11) is -3.02. The first-order valence-corrected chi connectivity index (χ1v) is 9.92. The van der Waals surface area contributed by atoms with Gasteiger partial charge >= 0.3 is 0 Å². The van der Waals surface area contributed by atoms with Crippen LogP contribution in [0.25, 0.3) is 0 Å². The maximum absolute atomic E-state index is 12.6. The van der Waals surface area contributed by atoms with Crippen molar-refractivity contribution in [1.29, 1.82) is 0 Å². The van der Waals surface area contributed by atoms with E-state index in [0.29, 0.717) is 24.3 Å². The highest BCUT2D eigenvalue weighted by molar-refractivity contribution is 7.91. The number of halogens is 1. The van der Waals surface area contributed by atoms with Crippen LogP contribution in [0, 0.1) is 0 Å². The first kappa shape index (κ1) is 15.8. The molecule has 2 aliphatic heterocycles. The Bertz CT molecular complexity index is 657. The highest BCUT2D eigenvalue weighted by Gasteiger charge is 2.45. The first-order valence-electron chi connectivity index (χ1n) is 7.59. The van der Waals surface area contributed by atoms with Crippen molar-refractivity contribution in [3.8, 4) is 0 Å². The molecule has 1 aromatic rings. The van der Waals surface area contributed by atoms with Gasteiger partial charge in [0.1, 0.15) is 9.84 Å². The van der Waals surface area contributed by atoms with Gasteiger partial charge in [-0.3, -0.25) is 4.79 Å². The van der Waals surface area contributed by atoms with Gasteiger partial charge < -0.3 is 4.90 Å². The van der Waals surface area contributed by atoms with Crippen LogP contribution in [-0.4, -0.2) is 42.8 Å². The Balaban J connectivity index is 1.71. The summed E-state index contributed by atoms with van der Waals surface area (Å²) < 4.78 is 23.6. The molecule has 2 fully saturated rings. The molecule has 120 valence electrons. The summed E-state index contributed by atoms with van der Waals surface area (Å²) in [5.74, 6) is 0.0989. The average molecular weight is 342 g/mol. The van der Waals surface area contributed by atoms with Crippen LogP contribution in [0.15, 0.2) is 24.3 Å². The van der Waals surface area contributed by atoms with E-state index in [4.69, 9.17) is 11.6 Å². The van der Waals surface area contributed by atoms with Gasteiger partial charge in [0.05, 0.1) is 11.7 Å². The molecule has 2 unspecified atom stereocenters. The summed E-state index contributed by atoms with van der Waals surface area (Å²) in [4.78, 5) is 14.6. The van der Waals surface area contributed by atoms with Crippen molar-refractivity contribution in [2.24, 2.45) is 0 Å². The molecule has 4 nitrogen and oxygen atoms in total. The highest BCUT2D eigenvalue weighted by atomic mass is 35.5. The number of carbonyl (C=O) groups is 1. The van der Waals surface area contributed by atoms with Gasteiger partial charge in [0, 0.05) is 23.4 Å². The zero-order chi connectivity index (χ0) is 15.9. The predicted octanol–water partition coefficient (Wildman–Crippen LogP) is 2.45. The van der Waals surface area contributed by atoms with Crippen molar-refractivity contribution in [1.82, 2.24) is 4.90 Å². The van der Waals surface area contributed by atoms with Gasteiger partial charge in [0.15, 0.2) is 0 Å². The van der Waals surface area contributed by atoms with Crippen molar-refractivity contribution >= 4 is 27.3 Å². The van der Waals surface area contributed by atoms with E-state index in [1.54, 1.807) is 12.1 Å². The SMILES string of the molecule is CS(=O)(=O)C1CC2CCC(C1)N2C(=O)Cc1ccc(Cl)cc1. The van der Waals surface area contributed by atoms with Crippen LogP contribution in [0.5, 0.6) is 0 Å².